The molecule has 1 rings (SSSR count). The lowest BCUT2D eigenvalue weighted by Gasteiger charge is -2.07. The summed E-state index contributed by atoms with van der Waals surface area (Å²) in [4.78, 5) is 0. The lowest BCUT2D eigenvalue weighted by Crippen LogP contribution is -2.16. The highest BCUT2D eigenvalue weighted by Crippen LogP contribution is 2.14. The van der Waals surface area contributed by atoms with Gasteiger partial charge in [0.15, 0.2) is 0 Å². The molecule has 0 radical (unpaired) electrons. The number of hydrogen-bond acceptors (Lipinski definition) is 0. The topological polar surface area (TPSA) is 0 Å². The lowest BCUT2D eigenvalue weighted by molar-refractivity contribution is 0.804. The number of rotatable bonds is 2. The molecule has 0 nitrogen and oxygen atoms in total. The maximum Gasteiger partial charge on any atom is 0.129 e. The Balaban J connectivity index is 3.02. The van der Waals surface area contributed by atoms with E-state index in [4.69, 9.17) is 0 Å². The largest absolute Gasteiger partial charge is 0.129 e. The van der Waals surface area contributed by atoms with Gasteiger partial charge in [-0.1, -0.05) is 69.7 Å². The summed E-state index contributed by atoms with van der Waals surface area (Å²) in [6.45, 7) is 11.2. The number of allylic oxidation sites excluding steroid dienone is 1. The van der Waals surface area contributed by atoms with Crippen molar-refractivity contribution in [2.75, 3.05) is 0 Å². The van der Waals surface area contributed by atoms with Crippen molar-refractivity contribution in [2.24, 2.45) is 5.92 Å². The zero-order valence-corrected chi connectivity index (χ0v) is 12.5. The van der Waals surface area contributed by atoms with Crippen LogP contribution in [0.3, 0.4) is 0 Å². The molecular weight excluding hydrogens is 220 g/mol. The van der Waals surface area contributed by atoms with Gasteiger partial charge in [-0.2, -0.15) is 0 Å². The Kier molecular flexibility index (Phi) is 4.78. The van der Waals surface area contributed by atoms with Crippen molar-refractivity contribution < 1.29 is 0 Å². The summed E-state index contributed by atoms with van der Waals surface area (Å²) in [6.07, 6.45) is 2.21. The Labute approximate surface area is 107 Å². The predicted molar refractivity (Wildman–Crippen MR) is 80.4 cm³/mol. The second-order valence-electron chi connectivity index (χ2n) is 5.67. The predicted octanol–water partition coefficient (Wildman–Crippen LogP) is 4.61. The Morgan fingerprint density at radius 2 is 1.71 bits per heavy atom. The molecule has 90 valence electrons. The standard InChI is InChI=1S/C16H22Si/c1-14(2)16(11-12-17(3,4)5)13-15-9-7-6-8-10-15/h6-10,13-14H,1-5H3/b16-13+. The summed E-state index contributed by atoms with van der Waals surface area (Å²) in [5, 5.41) is 0. The van der Waals surface area contributed by atoms with E-state index in [1.807, 2.05) is 6.07 Å². The molecule has 0 amide bonds. The molecule has 0 bridgehead atoms. The Morgan fingerprint density at radius 1 is 1.12 bits per heavy atom. The molecule has 1 aromatic carbocycles. The summed E-state index contributed by atoms with van der Waals surface area (Å²) < 4.78 is 0. The minimum absolute atomic E-state index is 0.485. The third-order valence-corrected chi connectivity index (χ3v) is 3.20. The van der Waals surface area contributed by atoms with E-state index >= 15 is 0 Å². The zero-order valence-electron chi connectivity index (χ0n) is 11.5. The van der Waals surface area contributed by atoms with Crippen molar-refractivity contribution in [3.05, 3.63) is 41.5 Å². The minimum Gasteiger partial charge on any atom is -0.127 e. The summed E-state index contributed by atoms with van der Waals surface area (Å²) >= 11 is 0. The van der Waals surface area contributed by atoms with E-state index in [2.05, 4.69) is 75.3 Å². The zero-order chi connectivity index (χ0) is 12.9. The number of benzene rings is 1. The van der Waals surface area contributed by atoms with Gasteiger partial charge < -0.3 is 0 Å². The van der Waals surface area contributed by atoms with Crippen molar-refractivity contribution in [3.8, 4) is 11.5 Å². The van der Waals surface area contributed by atoms with Crippen LogP contribution in [-0.2, 0) is 0 Å². The monoisotopic (exact) mass is 242 g/mol. The highest BCUT2D eigenvalue weighted by molar-refractivity contribution is 6.83. The molecule has 0 aliphatic carbocycles. The van der Waals surface area contributed by atoms with Crippen molar-refractivity contribution in [3.63, 3.8) is 0 Å². The van der Waals surface area contributed by atoms with Gasteiger partial charge in [0.05, 0.1) is 0 Å². The summed E-state index contributed by atoms with van der Waals surface area (Å²) in [5.74, 6) is 3.87. The van der Waals surface area contributed by atoms with Crippen LogP contribution >= 0.6 is 0 Å². The van der Waals surface area contributed by atoms with Gasteiger partial charge in [0, 0.05) is 5.57 Å². The molecule has 1 heteroatoms. The van der Waals surface area contributed by atoms with E-state index in [-0.39, 0.29) is 0 Å². The van der Waals surface area contributed by atoms with Crippen LogP contribution in [0.2, 0.25) is 19.6 Å². The second-order valence-corrected chi connectivity index (χ2v) is 10.4. The molecule has 0 saturated heterocycles. The summed E-state index contributed by atoms with van der Waals surface area (Å²) in [5.41, 5.74) is 5.92. The van der Waals surface area contributed by atoms with Crippen LogP contribution in [0.4, 0.5) is 0 Å². The van der Waals surface area contributed by atoms with Gasteiger partial charge in [0.1, 0.15) is 8.07 Å². The minimum atomic E-state index is -1.29. The molecule has 0 heterocycles. The molecule has 0 atom stereocenters. The van der Waals surface area contributed by atoms with Gasteiger partial charge >= 0.3 is 0 Å². The maximum absolute atomic E-state index is 3.44. The normalized spacial score (nSPS) is 12.2. The molecule has 0 spiro atoms. The van der Waals surface area contributed by atoms with Gasteiger partial charge in [-0.3, -0.25) is 0 Å². The molecule has 17 heavy (non-hydrogen) atoms. The average Bonchev–Trinajstić information content (AvgIpc) is 2.24. The fourth-order valence-electron chi connectivity index (χ4n) is 1.34. The number of hydrogen-bond donors (Lipinski definition) is 0. The third-order valence-electron chi connectivity index (χ3n) is 2.33. The summed E-state index contributed by atoms with van der Waals surface area (Å²) in [6, 6.07) is 10.4. The first-order valence-corrected chi connectivity index (χ1v) is 9.68. The van der Waals surface area contributed by atoms with E-state index in [1.54, 1.807) is 0 Å². The van der Waals surface area contributed by atoms with E-state index in [0.717, 1.165) is 0 Å². The third kappa shape index (κ3) is 5.56. The lowest BCUT2D eigenvalue weighted by atomic mass is 10.0. The van der Waals surface area contributed by atoms with Gasteiger partial charge in [-0.05, 0) is 17.6 Å². The first kappa shape index (κ1) is 13.8. The Bertz CT molecular complexity index is 436. The molecule has 0 aliphatic heterocycles. The molecular formula is C16H22Si. The van der Waals surface area contributed by atoms with Crippen molar-refractivity contribution >= 4 is 14.1 Å². The smallest absolute Gasteiger partial charge is 0.127 e. The van der Waals surface area contributed by atoms with E-state index in [9.17, 15) is 0 Å². The molecule has 0 N–H and O–H groups in total. The van der Waals surface area contributed by atoms with Gasteiger partial charge in [-0.15, -0.1) is 5.54 Å². The quantitative estimate of drug-likeness (QED) is 0.525. The SMILES string of the molecule is CC(C)/C(C#C[Si](C)(C)C)=C/c1ccccc1. The highest BCUT2D eigenvalue weighted by atomic mass is 28.3. The van der Waals surface area contributed by atoms with E-state index < -0.39 is 8.07 Å². The molecule has 1 aromatic rings. The molecule has 0 aliphatic rings. The van der Waals surface area contributed by atoms with Gasteiger partial charge in [0.25, 0.3) is 0 Å². The molecule has 0 fully saturated rings. The first-order valence-electron chi connectivity index (χ1n) is 6.18. The van der Waals surface area contributed by atoms with Crippen LogP contribution in [0.25, 0.3) is 6.08 Å². The molecule has 0 unspecified atom stereocenters. The van der Waals surface area contributed by atoms with Crippen molar-refractivity contribution in [1.29, 1.82) is 0 Å². The van der Waals surface area contributed by atoms with Crippen molar-refractivity contribution in [2.45, 2.75) is 33.5 Å². The fraction of sp³-hybridized carbons (Fsp3) is 0.375. The maximum atomic E-state index is 3.44. The van der Waals surface area contributed by atoms with Gasteiger partial charge in [-0.25, -0.2) is 0 Å². The fourth-order valence-corrected chi connectivity index (χ4v) is 1.85. The molecule has 0 aromatic heterocycles. The highest BCUT2D eigenvalue weighted by Gasteiger charge is 2.08. The van der Waals surface area contributed by atoms with E-state index in [1.165, 1.54) is 11.1 Å². The van der Waals surface area contributed by atoms with Crippen LogP contribution in [0.15, 0.2) is 35.9 Å². The van der Waals surface area contributed by atoms with Crippen LogP contribution in [0.5, 0.6) is 0 Å². The molecule has 0 saturated carbocycles. The Morgan fingerprint density at radius 3 is 2.18 bits per heavy atom. The van der Waals surface area contributed by atoms with Gasteiger partial charge in [0.2, 0.25) is 0 Å². The van der Waals surface area contributed by atoms with E-state index in [0.29, 0.717) is 5.92 Å². The average molecular weight is 242 g/mol. The van der Waals surface area contributed by atoms with Crippen LogP contribution in [0.1, 0.15) is 19.4 Å². The second kappa shape index (κ2) is 5.89. The van der Waals surface area contributed by atoms with Crippen LogP contribution < -0.4 is 0 Å². The van der Waals surface area contributed by atoms with Crippen LogP contribution in [0, 0.1) is 17.4 Å². The van der Waals surface area contributed by atoms with Crippen molar-refractivity contribution in [1.82, 2.24) is 0 Å². The summed E-state index contributed by atoms with van der Waals surface area (Å²) in [7, 11) is -1.29. The first-order chi connectivity index (χ1) is 7.88. The van der Waals surface area contributed by atoms with Crippen LogP contribution in [-0.4, -0.2) is 8.07 Å². The Hall–Kier alpha value is -1.26.